The van der Waals surface area contributed by atoms with E-state index in [4.69, 9.17) is 4.42 Å². The van der Waals surface area contributed by atoms with Gasteiger partial charge in [-0.25, -0.2) is 0 Å². The third-order valence-electron chi connectivity index (χ3n) is 15.2. The lowest BCUT2D eigenvalue weighted by atomic mass is 9.67. The average molecular weight is 892 g/mol. The van der Waals surface area contributed by atoms with Gasteiger partial charge in [-0.2, -0.15) is 0 Å². The molecule has 2 heteroatoms. The highest BCUT2D eigenvalue weighted by Crippen LogP contribution is 2.59. The van der Waals surface area contributed by atoms with Crippen LogP contribution in [-0.4, -0.2) is 0 Å². The summed E-state index contributed by atoms with van der Waals surface area (Å²) in [7, 11) is 0. The smallest absolute Gasteiger partial charge is 0.140 e. The molecule has 2 aliphatic rings. The number of hydrogen-bond acceptors (Lipinski definition) is 2. The van der Waals surface area contributed by atoms with E-state index in [1.165, 1.54) is 66.8 Å². The Morgan fingerprint density at radius 2 is 0.714 bits per heavy atom. The fraction of sp³-hybridized carbons (Fsp3) is 0.0294. The summed E-state index contributed by atoms with van der Waals surface area (Å²) in [6.45, 7) is 0. The minimum Gasteiger partial charge on any atom is -0.456 e. The second kappa shape index (κ2) is 15.8. The standard InChI is InChI=1S/C68H45NO/c1-5-21-46(22-6-1)47-23-19-30-51(43-47)69(52-39-41-57-56-33-13-16-35-60(56)67(64(57)44-52,48-24-7-2-8-25-48)49-26-9-3-10-27-49)53-40-42-58-59-34-20-38-63(66(59)70-65(58)45-53)68(50-28-11-4-12-29-50)61-36-17-14-31-54(61)55-32-15-18-37-62(55)68/h1-45H. The quantitative estimate of drug-likeness (QED) is 0.151. The SMILES string of the molecule is c1ccc(-c2cccc(N(c3ccc4c(c3)C(c3ccccc3)(c3ccccc3)c3ccccc3-4)c3ccc4c(c3)oc3c(C5(c6ccccc6)c6ccccc6-c6ccccc65)cccc34)c2)cc1. The molecule has 12 aromatic rings. The number of rotatable bonds is 8. The van der Waals surface area contributed by atoms with E-state index in [9.17, 15) is 0 Å². The van der Waals surface area contributed by atoms with Crippen molar-refractivity contribution in [3.8, 4) is 33.4 Å². The van der Waals surface area contributed by atoms with Crippen LogP contribution >= 0.6 is 0 Å². The molecule has 70 heavy (non-hydrogen) atoms. The topological polar surface area (TPSA) is 16.4 Å². The van der Waals surface area contributed by atoms with Gasteiger partial charge >= 0.3 is 0 Å². The van der Waals surface area contributed by atoms with Gasteiger partial charge in [0.2, 0.25) is 0 Å². The molecule has 0 spiro atoms. The van der Waals surface area contributed by atoms with Crippen LogP contribution in [0.3, 0.4) is 0 Å². The molecular formula is C68H45NO. The highest BCUT2D eigenvalue weighted by Gasteiger charge is 2.48. The van der Waals surface area contributed by atoms with Crippen molar-refractivity contribution in [3.63, 3.8) is 0 Å². The van der Waals surface area contributed by atoms with E-state index in [-0.39, 0.29) is 0 Å². The number of furan rings is 1. The molecule has 1 aromatic heterocycles. The maximum absolute atomic E-state index is 7.37. The molecular weight excluding hydrogens is 847 g/mol. The van der Waals surface area contributed by atoms with E-state index >= 15 is 0 Å². The van der Waals surface area contributed by atoms with Crippen molar-refractivity contribution in [2.24, 2.45) is 0 Å². The second-order valence-corrected chi connectivity index (χ2v) is 18.7. The van der Waals surface area contributed by atoms with Crippen LogP contribution < -0.4 is 4.90 Å². The first-order valence-corrected chi connectivity index (χ1v) is 24.2. The summed E-state index contributed by atoms with van der Waals surface area (Å²) in [5.74, 6) is 0. The van der Waals surface area contributed by atoms with Gasteiger partial charge in [-0.05, 0) is 109 Å². The fourth-order valence-corrected chi connectivity index (χ4v) is 12.4. The van der Waals surface area contributed by atoms with E-state index < -0.39 is 10.8 Å². The zero-order valence-corrected chi connectivity index (χ0v) is 38.3. The second-order valence-electron chi connectivity index (χ2n) is 18.7. The van der Waals surface area contributed by atoms with Crippen LogP contribution in [0.25, 0.3) is 55.3 Å². The maximum Gasteiger partial charge on any atom is 0.140 e. The maximum atomic E-state index is 7.37. The van der Waals surface area contributed by atoms with E-state index in [1.807, 2.05) is 0 Å². The Kier molecular flexibility index (Phi) is 9.06. The van der Waals surface area contributed by atoms with Crippen LogP contribution in [0.1, 0.15) is 44.5 Å². The molecule has 0 radical (unpaired) electrons. The Balaban J connectivity index is 1.01. The van der Waals surface area contributed by atoms with Crippen LogP contribution in [0.2, 0.25) is 0 Å². The molecule has 0 saturated heterocycles. The van der Waals surface area contributed by atoms with Crippen LogP contribution in [-0.2, 0) is 10.8 Å². The number of para-hydroxylation sites is 1. The number of anilines is 3. The minimum absolute atomic E-state index is 0.548. The number of fused-ring (bicyclic) bond motifs is 9. The van der Waals surface area contributed by atoms with E-state index in [2.05, 4.69) is 278 Å². The zero-order valence-electron chi connectivity index (χ0n) is 38.3. The molecule has 2 nitrogen and oxygen atoms in total. The lowest BCUT2D eigenvalue weighted by Gasteiger charge is -2.35. The predicted molar refractivity (Wildman–Crippen MR) is 288 cm³/mol. The Hall–Kier alpha value is -8.98. The Bertz CT molecular complexity index is 3860. The van der Waals surface area contributed by atoms with Crippen molar-refractivity contribution in [3.05, 3.63) is 317 Å². The van der Waals surface area contributed by atoms with Gasteiger partial charge in [-0.15, -0.1) is 0 Å². The van der Waals surface area contributed by atoms with Gasteiger partial charge in [-0.3, -0.25) is 0 Å². The number of benzene rings is 11. The van der Waals surface area contributed by atoms with Gasteiger partial charge in [0.05, 0.1) is 10.8 Å². The number of hydrogen-bond donors (Lipinski definition) is 0. The van der Waals surface area contributed by atoms with Crippen molar-refractivity contribution in [1.29, 1.82) is 0 Å². The highest BCUT2D eigenvalue weighted by atomic mass is 16.3. The minimum atomic E-state index is -0.597. The lowest BCUT2D eigenvalue weighted by molar-refractivity contribution is 0.648. The van der Waals surface area contributed by atoms with Crippen molar-refractivity contribution in [2.75, 3.05) is 4.90 Å². The van der Waals surface area contributed by atoms with Crippen LogP contribution in [0.4, 0.5) is 17.1 Å². The van der Waals surface area contributed by atoms with Gasteiger partial charge in [-0.1, -0.05) is 231 Å². The van der Waals surface area contributed by atoms with Crippen molar-refractivity contribution in [2.45, 2.75) is 10.8 Å². The molecule has 14 rings (SSSR count). The molecule has 0 saturated carbocycles. The summed E-state index contributed by atoms with van der Waals surface area (Å²) in [5, 5.41) is 2.18. The van der Waals surface area contributed by atoms with E-state index in [0.29, 0.717) is 0 Å². The predicted octanol–water partition coefficient (Wildman–Crippen LogP) is 17.4. The van der Waals surface area contributed by atoms with Gasteiger partial charge in [0.1, 0.15) is 11.2 Å². The first-order chi connectivity index (χ1) is 34.7. The van der Waals surface area contributed by atoms with Crippen molar-refractivity contribution in [1.82, 2.24) is 0 Å². The zero-order chi connectivity index (χ0) is 46.2. The normalized spacial score (nSPS) is 13.7. The summed E-state index contributed by atoms with van der Waals surface area (Å²) in [6, 6.07) is 100. The van der Waals surface area contributed by atoms with E-state index in [1.54, 1.807) is 0 Å². The molecule has 0 unspecified atom stereocenters. The average Bonchev–Trinajstić information content (AvgIpc) is 4.07. The number of nitrogens with zero attached hydrogens (tertiary/aromatic N) is 1. The summed E-state index contributed by atoms with van der Waals surface area (Å²) >= 11 is 0. The monoisotopic (exact) mass is 891 g/mol. The first kappa shape index (κ1) is 40.1. The van der Waals surface area contributed by atoms with Gasteiger partial charge in [0, 0.05) is 39.5 Å². The van der Waals surface area contributed by atoms with Gasteiger partial charge < -0.3 is 9.32 Å². The molecule has 0 bridgehead atoms. The first-order valence-electron chi connectivity index (χ1n) is 24.2. The summed E-state index contributed by atoms with van der Waals surface area (Å²) in [4.78, 5) is 2.42. The van der Waals surface area contributed by atoms with Gasteiger partial charge in [0.25, 0.3) is 0 Å². The van der Waals surface area contributed by atoms with Crippen LogP contribution in [0.5, 0.6) is 0 Å². The molecule has 328 valence electrons. The third-order valence-corrected chi connectivity index (χ3v) is 15.2. The Morgan fingerprint density at radius 3 is 1.33 bits per heavy atom. The molecule has 0 atom stereocenters. The molecule has 0 N–H and O–H groups in total. The largest absolute Gasteiger partial charge is 0.456 e. The molecule has 0 amide bonds. The van der Waals surface area contributed by atoms with Crippen LogP contribution in [0, 0.1) is 0 Å². The van der Waals surface area contributed by atoms with E-state index in [0.717, 1.165) is 50.1 Å². The molecule has 1 heterocycles. The highest BCUT2D eigenvalue weighted by molar-refractivity contribution is 6.08. The Morgan fingerprint density at radius 1 is 0.271 bits per heavy atom. The summed E-state index contributed by atoms with van der Waals surface area (Å²) in [5.41, 5.74) is 20.9. The lowest BCUT2D eigenvalue weighted by Crippen LogP contribution is -2.28. The van der Waals surface area contributed by atoms with Crippen molar-refractivity contribution < 1.29 is 4.42 Å². The summed E-state index contributed by atoms with van der Waals surface area (Å²) < 4.78 is 7.37. The molecule has 0 fully saturated rings. The fourth-order valence-electron chi connectivity index (χ4n) is 12.4. The molecule has 0 aliphatic heterocycles. The van der Waals surface area contributed by atoms with Gasteiger partial charge in [0.15, 0.2) is 0 Å². The van der Waals surface area contributed by atoms with Crippen LogP contribution in [0.15, 0.2) is 277 Å². The third kappa shape index (κ3) is 5.74. The van der Waals surface area contributed by atoms with Crippen molar-refractivity contribution >= 4 is 39.0 Å². The molecule has 2 aliphatic carbocycles. The molecule has 11 aromatic carbocycles. The summed E-state index contributed by atoms with van der Waals surface area (Å²) in [6.07, 6.45) is 0. The Labute approximate surface area is 408 Å².